The zero-order valence-corrected chi connectivity index (χ0v) is 10.9. The van der Waals surface area contributed by atoms with Gasteiger partial charge in [-0.15, -0.1) is 0 Å². The highest BCUT2D eigenvalue weighted by Gasteiger charge is 2.34. The third-order valence-corrected chi connectivity index (χ3v) is 3.68. The molecule has 1 aliphatic rings. The van der Waals surface area contributed by atoms with Gasteiger partial charge in [0.2, 0.25) is 5.91 Å². The van der Waals surface area contributed by atoms with E-state index in [0.717, 1.165) is 31.4 Å². The summed E-state index contributed by atoms with van der Waals surface area (Å²) in [5.41, 5.74) is 6.15. The fourth-order valence-electron chi connectivity index (χ4n) is 2.29. The van der Waals surface area contributed by atoms with E-state index in [4.69, 9.17) is 5.73 Å². The van der Waals surface area contributed by atoms with Crippen molar-refractivity contribution in [3.63, 3.8) is 0 Å². The molecule has 0 bridgehead atoms. The summed E-state index contributed by atoms with van der Waals surface area (Å²) < 4.78 is 25.9. The van der Waals surface area contributed by atoms with E-state index in [9.17, 15) is 13.6 Å². The van der Waals surface area contributed by atoms with Gasteiger partial charge in [-0.3, -0.25) is 4.79 Å². The predicted octanol–water partition coefficient (Wildman–Crippen LogP) is 2.41. The third-order valence-electron chi connectivity index (χ3n) is 3.68. The molecule has 1 atom stereocenters. The van der Waals surface area contributed by atoms with Gasteiger partial charge < -0.3 is 11.1 Å². The minimum Gasteiger partial charge on any atom is -0.350 e. The molecular weight excluding hydrogens is 250 g/mol. The van der Waals surface area contributed by atoms with Crippen molar-refractivity contribution in [3.8, 4) is 0 Å². The fourth-order valence-corrected chi connectivity index (χ4v) is 2.29. The molecule has 3 N–H and O–H groups in total. The van der Waals surface area contributed by atoms with Crippen molar-refractivity contribution in [2.24, 2.45) is 5.73 Å². The average molecular weight is 268 g/mol. The van der Waals surface area contributed by atoms with Gasteiger partial charge in [0.15, 0.2) is 11.6 Å². The molecule has 0 aliphatic heterocycles. The molecule has 1 amide bonds. The summed E-state index contributed by atoms with van der Waals surface area (Å²) in [7, 11) is 0. The molecule has 0 spiro atoms. The Hall–Kier alpha value is -1.49. The molecule has 1 aliphatic carbocycles. The maximum atomic E-state index is 13.1. The second-order valence-electron chi connectivity index (χ2n) is 5.36. The number of benzene rings is 1. The molecule has 1 saturated carbocycles. The van der Waals surface area contributed by atoms with Crippen LogP contribution in [-0.2, 0) is 4.79 Å². The van der Waals surface area contributed by atoms with Crippen LogP contribution in [0.3, 0.4) is 0 Å². The first-order valence-corrected chi connectivity index (χ1v) is 6.43. The number of carbonyl (C=O) groups excluding carboxylic acids is 1. The summed E-state index contributed by atoms with van der Waals surface area (Å²) in [6.07, 6.45) is 3.06. The van der Waals surface area contributed by atoms with E-state index in [2.05, 4.69) is 5.32 Å². The molecule has 3 nitrogen and oxygen atoms in total. The molecule has 0 aromatic heterocycles. The van der Waals surface area contributed by atoms with E-state index in [1.54, 1.807) is 6.92 Å². The van der Waals surface area contributed by atoms with Gasteiger partial charge in [-0.25, -0.2) is 8.78 Å². The lowest BCUT2D eigenvalue weighted by molar-refractivity contribution is -0.123. The first-order valence-electron chi connectivity index (χ1n) is 6.43. The maximum absolute atomic E-state index is 13.1. The Bertz CT molecular complexity index is 486. The minimum atomic E-state index is -0.909. The SMILES string of the molecule is CC(NC(=O)CC1(N)CCC1)c1ccc(F)c(F)c1. The quantitative estimate of drug-likeness (QED) is 0.881. The van der Waals surface area contributed by atoms with Crippen LogP contribution in [0.25, 0.3) is 0 Å². The van der Waals surface area contributed by atoms with E-state index in [1.165, 1.54) is 6.07 Å². The Morgan fingerprint density at radius 2 is 2.11 bits per heavy atom. The zero-order chi connectivity index (χ0) is 14.0. The average Bonchev–Trinajstić information content (AvgIpc) is 2.30. The lowest BCUT2D eigenvalue weighted by atomic mass is 9.75. The van der Waals surface area contributed by atoms with Crippen LogP contribution in [0.1, 0.15) is 44.2 Å². The van der Waals surface area contributed by atoms with Gasteiger partial charge in [0, 0.05) is 12.0 Å². The summed E-state index contributed by atoms with van der Waals surface area (Å²) in [5.74, 6) is -1.95. The number of carbonyl (C=O) groups is 1. The van der Waals surface area contributed by atoms with E-state index >= 15 is 0 Å². The first kappa shape index (κ1) is 13.9. The second-order valence-corrected chi connectivity index (χ2v) is 5.36. The molecule has 0 radical (unpaired) electrons. The summed E-state index contributed by atoms with van der Waals surface area (Å²) in [6, 6.07) is 3.25. The lowest BCUT2D eigenvalue weighted by Crippen LogP contribution is -2.50. The van der Waals surface area contributed by atoms with Gasteiger partial charge in [0.25, 0.3) is 0 Å². The molecular formula is C14H18F2N2O. The van der Waals surface area contributed by atoms with E-state index in [-0.39, 0.29) is 23.9 Å². The van der Waals surface area contributed by atoms with Crippen molar-refractivity contribution in [3.05, 3.63) is 35.4 Å². The molecule has 1 unspecified atom stereocenters. The molecule has 5 heteroatoms. The largest absolute Gasteiger partial charge is 0.350 e. The highest BCUT2D eigenvalue weighted by molar-refractivity contribution is 5.77. The van der Waals surface area contributed by atoms with Gasteiger partial charge in [0.1, 0.15) is 0 Å². The van der Waals surface area contributed by atoms with Crippen molar-refractivity contribution in [2.75, 3.05) is 0 Å². The van der Waals surface area contributed by atoms with Crippen LogP contribution in [0.2, 0.25) is 0 Å². The minimum absolute atomic E-state index is 0.153. The summed E-state index contributed by atoms with van der Waals surface area (Å²) >= 11 is 0. The highest BCUT2D eigenvalue weighted by atomic mass is 19.2. The Kier molecular flexibility index (Phi) is 3.85. The van der Waals surface area contributed by atoms with E-state index in [0.29, 0.717) is 5.56 Å². The zero-order valence-electron chi connectivity index (χ0n) is 10.9. The molecule has 1 aromatic carbocycles. The number of hydrogen-bond acceptors (Lipinski definition) is 2. The lowest BCUT2D eigenvalue weighted by Gasteiger charge is -2.37. The fraction of sp³-hybridized carbons (Fsp3) is 0.500. The third kappa shape index (κ3) is 3.29. The van der Waals surface area contributed by atoms with Crippen LogP contribution < -0.4 is 11.1 Å². The van der Waals surface area contributed by atoms with Crippen molar-refractivity contribution >= 4 is 5.91 Å². The van der Waals surface area contributed by atoms with Gasteiger partial charge in [-0.05, 0) is 43.9 Å². The number of halogens is 2. The van der Waals surface area contributed by atoms with Crippen LogP contribution in [-0.4, -0.2) is 11.4 Å². The van der Waals surface area contributed by atoms with Crippen LogP contribution in [0.15, 0.2) is 18.2 Å². The molecule has 1 fully saturated rings. The molecule has 0 saturated heterocycles. The number of hydrogen-bond donors (Lipinski definition) is 2. The van der Waals surface area contributed by atoms with Gasteiger partial charge in [-0.1, -0.05) is 6.07 Å². The first-order chi connectivity index (χ1) is 8.89. The van der Waals surface area contributed by atoms with Crippen LogP contribution in [0.4, 0.5) is 8.78 Å². The second kappa shape index (κ2) is 5.25. The number of nitrogens with one attached hydrogen (secondary N) is 1. The van der Waals surface area contributed by atoms with Crippen LogP contribution in [0.5, 0.6) is 0 Å². The van der Waals surface area contributed by atoms with Crippen LogP contribution in [0, 0.1) is 11.6 Å². The Labute approximate surface area is 111 Å². The molecule has 2 rings (SSSR count). The van der Waals surface area contributed by atoms with E-state index < -0.39 is 11.6 Å². The van der Waals surface area contributed by atoms with Gasteiger partial charge >= 0.3 is 0 Å². The summed E-state index contributed by atoms with van der Waals surface area (Å²) in [6.45, 7) is 1.73. The smallest absolute Gasteiger partial charge is 0.222 e. The van der Waals surface area contributed by atoms with Crippen molar-refractivity contribution < 1.29 is 13.6 Å². The van der Waals surface area contributed by atoms with Crippen molar-refractivity contribution in [1.82, 2.24) is 5.32 Å². The summed E-state index contributed by atoms with van der Waals surface area (Å²) in [5, 5.41) is 2.76. The van der Waals surface area contributed by atoms with Crippen molar-refractivity contribution in [1.29, 1.82) is 0 Å². The molecule has 0 heterocycles. The van der Waals surface area contributed by atoms with Crippen LogP contribution >= 0.6 is 0 Å². The Morgan fingerprint density at radius 1 is 1.42 bits per heavy atom. The highest BCUT2D eigenvalue weighted by Crippen LogP contribution is 2.32. The van der Waals surface area contributed by atoms with Gasteiger partial charge in [0.05, 0.1) is 6.04 Å². The number of rotatable bonds is 4. The maximum Gasteiger partial charge on any atom is 0.222 e. The van der Waals surface area contributed by atoms with Crippen molar-refractivity contribution in [2.45, 2.75) is 44.2 Å². The number of nitrogens with two attached hydrogens (primary N) is 1. The predicted molar refractivity (Wildman–Crippen MR) is 68.3 cm³/mol. The Morgan fingerprint density at radius 3 is 2.63 bits per heavy atom. The van der Waals surface area contributed by atoms with Gasteiger partial charge in [-0.2, -0.15) is 0 Å². The molecule has 1 aromatic rings. The standard InChI is InChI=1S/C14H18F2N2O/c1-9(10-3-4-11(15)12(16)7-10)18-13(19)8-14(17)5-2-6-14/h3-4,7,9H,2,5-6,8,17H2,1H3,(H,18,19). The normalized spacial score (nSPS) is 18.5. The molecule has 19 heavy (non-hydrogen) atoms. The molecule has 104 valence electrons. The summed E-state index contributed by atoms with van der Waals surface area (Å²) in [4.78, 5) is 11.8. The monoisotopic (exact) mass is 268 g/mol. The Balaban J connectivity index is 1.94. The van der Waals surface area contributed by atoms with E-state index in [1.807, 2.05) is 0 Å². The number of amides is 1. The topological polar surface area (TPSA) is 55.1 Å².